The van der Waals surface area contributed by atoms with Crippen molar-refractivity contribution in [1.82, 2.24) is 4.90 Å². The zero-order valence-corrected chi connectivity index (χ0v) is 14.7. The summed E-state index contributed by atoms with van der Waals surface area (Å²) in [4.78, 5) is 2.39. The lowest BCUT2D eigenvalue weighted by molar-refractivity contribution is 0.288. The van der Waals surface area contributed by atoms with Crippen LogP contribution in [0.1, 0.15) is 45.6 Å². The molecule has 1 rings (SSSR count). The van der Waals surface area contributed by atoms with Gasteiger partial charge in [0.05, 0.1) is 18.9 Å². The summed E-state index contributed by atoms with van der Waals surface area (Å²) in [7, 11) is 2.19. The van der Waals surface area contributed by atoms with E-state index in [0.717, 1.165) is 25.1 Å². The highest BCUT2D eigenvalue weighted by Gasteiger charge is 2.11. The maximum atomic E-state index is 6.12. The van der Waals surface area contributed by atoms with Crippen molar-refractivity contribution in [1.29, 1.82) is 0 Å². The van der Waals surface area contributed by atoms with Crippen LogP contribution in [0.3, 0.4) is 0 Å². The maximum absolute atomic E-state index is 6.12. The van der Waals surface area contributed by atoms with Crippen LogP contribution in [0.4, 0.5) is 5.69 Å². The Morgan fingerprint density at radius 1 is 1.00 bits per heavy atom. The molecule has 0 amide bonds. The fraction of sp³-hybridized carbons (Fsp3) is 0.667. The van der Waals surface area contributed by atoms with Gasteiger partial charge in [0, 0.05) is 0 Å². The smallest absolute Gasteiger partial charge is 0.184 e. The van der Waals surface area contributed by atoms with Gasteiger partial charge in [-0.25, -0.2) is 0 Å². The molecule has 22 heavy (non-hydrogen) atoms. The first-order chi connectivity index (χ1) is 10.6. The molecule has 2 N–H and O–H groups in total. The summed E-state index contributed by atoms with van der Waals surface area (Å²) in [5.74, 6) is 1.44. The number of unbranched alkanes of at least 4 members (excludes halogenated alkanes) is 1. The van der Waals surface area contributed by atoms with E-state index in [1.807, 2.05) is 19.9 Å². The monoisotopic (exact) mass is 308 g/mol. The van der Waals surface area contributed by atoms with Crippen molar-refractivity contribution in [2.45, 2.75) is 46.5 Å². The lowest BCUT2D eigenvalue weighted by Gasteiger charge is -2.17. The largest absolute Gasteiger partial charge is 0.490 e. The molecule has 0 heterocycles. The predicted molar refractivity (Wildman–Crippen MR) is 93.9 cm³/mol. The van der Waals surface area contributed by atoms with Crippen molar-refractivity contribution < 1.29 is 9.47 Å². The van der Waals surface area contributed by atoms with Gasteiger partial charge in [-0.15, -0.1) is 0 Å². The Bertz CT molecular complexity index is 435. The first kappa shape index (κ1) is 18.6. The van der Waals surface area contributed by atoms with Crippen molar-refractivity contribution in [2.24, 2.45) is 0 Å². The normalized spacial score (nSPS) is 11.0. The Balaban J connectivity index is 2.63. The number of anilines is 1. The molecular formula is C18H32N2O2. The van der Waals surface area contributed by atoms with E-state index in [0.29, 0.717) is 24.7 Å². The second-order valence-corrected chi connectivity index (χ2v) is 5.64. The molecular weight excluding hydrogens is 276 g/mol. The second-order valence-electron chi connectivity index (χ2n) is 5.64. The minimum atomic E-state index is 0.589. The number of ether oxygens (including phenoxy) is 2. The Morgan fingerprint density at radius 3 is 2.32 bits per heavy atom. The molecule has 0 unspecified atom stereocenters. The standard InChI is InChI=1S/C18H32N2O2/c1-5-8-11-20(4)12-9-10-15-13-16(19)18(22-7-3)17(14-15)21-6-2/h13-14H,5-12,19H2,1-4H3. The van der Waals surface area contributed by atoms with Crippen LogP contribution in [-0.2, 0) is 6.42 Å². The first-order valence-corrected chi connectivity index (χ1v) is 8.48. The first-order valence-electron chi connectivity index (χ1n) is 8.48. The zero-order chi connectivity index (χ0) is 16.4. The minimum Gasteiger partial charge on any atom is -0.490 e. The van der Waals surface area contributed by atoms with Gasteiger partial charge in [0.2, 0.25) is 0 Å². The van der Waals surface area contributed by atoms with Crippen LogP contribution in [0.15, 0.2) is 12.1 Å². The summed E-state index contributed by atoms with van der Waals surface area (Å²) in [6.07, 6.45) is 4.64. The molecule has 1 aromatic rings. The molecule has 0 saturated carbocycles. The summed E-state index contributed by atoms with van der Waals surface area (Å²) in [5, 5.41) is 0. The number of aryl methyl sites for hydroxylation is 1. The number of benzene rings is 1. The molecule has 1 aromatic carbocycles. The van der Waals surface area contributed by atoms with Gasteiger partial charge in [0.25, 0.3) is 0 Å². The van der Waals surface area contributed by atoms with Crippen LogP contribution in [0, 0.1) is 0 Å². The highest BCUT2D eigenvalue weighted by atomic mass is 16.5. The topological polar surface area (TPSA) is 47.7 Å². The average Bonchev–Trinajstić information content (AvgIpc) is 2.49. The van der Waals surface area contributed by atoms with E-state index in [2.05, 4.69) is 24.9 Å². The molecule has 126 valence electrons. The number of hydrogen-bond donors (Lipinski definition) is 1. The predicted octanol–water partition coefficient (Wildman–Crippen LogP) is 3.73. The van der Waals surface area contributed by atoms with Gasteiger partial charge in [-0.3, -0.25) is 0 Å². The van der Waals surface area contributed by atoms with Gasteiger partial charge in [0.15, 0.2) is 11.5 Å². The van der Waals surface area contributed by atoms with E-state index in [1.165, 1.54) is 24.9 Å². The molecule has 4 nitrogen and oxygen atoms in total. The van der Waals surface area contributed by atoms with Crippen molar-refractivity contribution in [3.8, 4) is 11.5 Å². The van der Waals surface area contributed by atoms with Crippen molar-refractivity contribution in [3.63, 3.8) is 0 Å². The van der Waals surface area contributed by atoms with Crippen molar-refractivity contribution >= 4 is 5.69 Å². The Kier molecular flexibility index (Phi) is 8.75. The molecule has 0 aliphatic carbocycles. The third kappa shape index (κ3) is 6.14. The Labute approximate surface area is 135 Å². The summed E-state index contributed by atoms with van der Waals surface area (Å²) in [5.41, 5.74) is 8.01. The van der Waals surface area contributed by atoms with Gasteiger partial charge in [0.1, 0.15) is 0 Å². The van der Waals surface area contributed by atoms with Crippen LogP contribution >= 0.6 is 0 Å². The van der Waals surface area contributed by atoms with E-state index >= 15 is 0 Å². The van der Waals surface area contributed by atoms with Gasteiger partial charge < -0.3 is 20.1 Å². The fourth-order valence-corrected chi connectivity index (χ4v) is 2.48. The molecule has 0 saturated heterocycles. The van der Waals surface area contributed by atoms with Crippen molar-refractivity contribution in [3.05, 3.63) is 17.7 Å². The number of nitrogens with zero attached hydrogens (tertiary/aromatic N) is 1. The van der Waals surface area contributed by atoms with Gasteiger partial charge in [-0.2, -0.15) is 0 Å². The number of rotatable bonds is 11. The molecule has 4 heteroatoms. The number of nitrogen functional groups attached to an aromatic ring is 1. The van der Waals surface area contributed by atoms with Gasteiger partial charge in [-0.1, -0.05) is 13.3 Å². The van der Waals surface area contributed by atoms with Crippen LogP contribution in [-0.4, -0.2) is 38.3 Å². The average molecular weight is 308 g/mol. The third-order valence-electron chi connectivity index (χ3n) is 3.63. The Morgan fingerprint density at radius 2 is 1.68 bits per heavy atom. The minimum absolute atomic E-state index is 0.589. The van der Waals surface area contributed by atoms with E-state index in [4.69, 9.17) is 15.2 Å². The second kappa shape index (κ2) is 10.3. The quantitative estimate of drug-likeness (QED) is 0.633. The van der Waals surface area contributed by atoms with Gasteiger partial charge in [-0.05, 0) is 70.9 Å². The summed E-state index contributed by atoms with van der Waals surface area (Å²) >= 11 is 0. The molecule has 0 aromatic heterocycles. The lowest BCUT2D eigenvalue weighted by Crippen LogP contribution is -2.21. The Hall–Kier alpha value is -1.42. The van der Waals surface area contributed by atoms with Crippen molar-refractivity contribution in [2.75, 3.05) is 39.1 Å². The van der Waals surface area contributed by atoms with Gasteiger partial charge >= 0.3 is 0 Å². The van der Waals surface area contributed by atoms with E-state index < -0.39 is 0 Å². The molecule has 0 radical (unpaired) electrons. The van der Waals surface area contributed by atoms with Crippen LogP contribution in [0.5, 0.6) is 11.5 Å². The fourth-order valence-electron chi connectivity index (χ4n) is 2.48. The van der Waals surface area contributed by atoms with E-state index in [9.17, 15) is 0 Å². The third-order valence-corrected chi connectivity index (χ3v) is 3.63. The number of nitrogens with two attached hydrogens (primary N) is 1. The van der Waals surface area contributed by atoms with E-state index in [1.54, 1.807) is 0 Å². The van der Waals surface area contributed by atoms with Crippen LogP contribution in [0.2, 0.25) is 0 Å². The van der Waals surface area contributed by atoms with Crippen LogP contribution in [0.25, 0.3) is 0 Å². The summed E-state index contributed by atoms with van der Waals surface area (Å²) in [6.45, 7) is 9.64. The number of hydrogen-bond acceptors (Lipinski definition) is 4. The SMILES string of the molecule is CCCCN(C)CCCc1cc(N)c(OCC)c(OCC)c1. The van der Waals surface area contributed by atoms with Crippen LogP contribution < -0.4 is 15.2 Å². The lowest BCUT2D eigenvalue weighted by atomic mass is 10.1. The zero-order valence-electron chi connectivity index (χ0n) is 14.7. The maximum Gasteiger partial charge on any atom is 0.184 e. The summed E-state index contributed by atoms with van der Waals surface area (Å²) in [6, 6.07) is 4.08. The van der Waals surface area contributed by atoms with E-state index in [-0.39, 0.29) is 0 Å². The molecule has 0 fully saturated rings. The molecule has 0 atom stereocenters. The highest BCUT2D eigenvalue weighted by Crippen LogP contribution is 2.35. The highest BCUT2D eigenvalue weighted by molar-refractivity contribution is 5.62. The molecule has 0 aliphatic heterocycles. The molecule has 0 spiro atoms. The summed E-state index contributed by atoms with van der Waals surface area (Å²) < 4.78 is 11.3. The molecule has 0 bridgehead atoms. The molecule has 0 aliphatic rings.